The van der Waals surface area contributed by atoms with Crippen LogP contribution in [0.1, 0.15) is 27.0 Å². The van der Waals surface area contributed by atoms with Crippen LogP contribution in [-0.2, 0) is 28.7 Å². The zero-order valence-electron chi connectivity index (χ0n) is 22.9. The summed E-state index contributed by atoms with van der Waals surface area (Å²) in [4.78, 5) is 33.4. The van der Waals surface area contributed by atoms with Gasteiger partial charge in [0.05, 0.1) is 12.2 Å². The maximum atomic E-state index is 13.8. The molecule has 0 bridgehead atoms. The number of aromatic amines is 1. The average molecular weight is 582 g/mol. The van der Waals surface area contributed by atoms with E-state index in [1.807, 2.05) is 30.5 Å². The van der Waals surface area contributed by atoms with Crippen LogP contribution in [0.4, 0.5) is 13.2 Å². The van der Waals surface area contributed by atoms with E-state index in [4.69, 9.17) is 14.2 Å². The van der Waals surface area contributed by atoms with Crippen molar-refractivity contribution in [3.8, 4) is 11.5 Å². The number of methoxy groups -OCH3 is 1. The SMILES string of the molecule is COCCN(CC(=O)N(CCc1c[nH]c2ccccc12)Cc1ccc(C(F)(F)F)cc1)C(=O)c1ccc2c(c1)OCO2. The maximum Gasteiger partial charge on any atom is 0.416 e. The molecule has 4 aromatic rings. The van der Waals surface area contributed by atoms with E-state index in [0.29, 0.717) is 29.0 Å². The van der Waals surface area contributed by atoms with Gasteiger partial charge in [-0.15, -0.1) is 0 Å². The van der Waals surface area contributed by atoms with Gasteiger partial charge in [0, 0.05) is 49.4 Å². The van der Waals surface area contributed by atoms with Crippen LogP contribution in [0.3, 0.4) is 0 Å². The molecule has 0 aliphatic carbocycles. The summed E-state index contributed by atoms with van der Waals surface area (Å²) in [6.45, 7) is 0.553. The van der Waals surface area contributed by atoms with Gasteiger partial charge < -0.3 is 29.0 Å². The van der Waals surface area contributed by atoms with Crippen LogP contribution in [0.25, 0.3) is 10.9 Å². The molecule has 5 rings (SSSR count). The summed E-state index contributed by atoms with van der Waals surface area (Å²) in [6, 6.07) is 17.4. The second-order valence-electron chi connectivity index (χ2n) is 9.91. The van der Waals surface area contributed by atoms with Crippen LogP contribution >= 0.6 is 0 Å². The lowest BCUT2D eigenvalue weighted by Gasteiger charge is -2.28. The van der Waals surface area contributed by atoms with E-state index < -0.39 is 11.7 Å². The first-order valence-corrected chi connectivity index (χ1v) is 13.4. The summed E-state index contributed by atoms with van der Waals surface area (Å²) < 4.78 is 55.3. The van der Waals surface area contributed by atoms with Crippen LogP contribution < -0.4 is 9.47 Å². The number of benzene rings is 3. The fourth-order valence-electron chi connectivity index (χ4n) is 4.83. The topological polar surface area (TPSA) is 84.1 Å². The highest BCUT2D eigenvalue weighted by molar-refractivity contribution is 5.97. The first-order valence-electron chi connectivity index (χ1n) is 13.4. The van der Waals surface area contributed by atoms with Crippen molar-refractivity contribution < 1.29 is 37.0 Å². The standard InChI is InChI=1S/C31H30F3N3O5/c1-40-15-14-37(30(39)22-8-11-27-28(16-22)42-20-41-27)19-29(38)36(18-21-6-9-24(10-7-21)31(32,33)34)13-12-23-17-35-26-5-3-2-4-25(23)26/h2-11,16-17,35H,12-15,18-20H2,1H3. The second-order valence-corrected chi connectivity index (χ2v) is 9.91. The van der Waals surface area contributed by atoms with Crippen molar-refractivity contribution in [2.45, 2.75) is 19.1 Å². The molecule has 0 atom stereocenters. The number of halogens is 3. The van der Waals surface area contributed by atoms with Crippen molar-refractivity contribution in [2.24, 2.45) is 0 Å². The lowest BCUT2D eigenvalue weighted by molar-refractivity contribution is -0.137. The highest BCUT2D eigenvalue weighted by atomic mass is 19.4. The van der Waals surface area contributed by atoms with E-state index in [9.17, 15) is 22.8 Å². The highest BCUT2D eigenvalue weighted by Crippen LogP contribution is 2.33. The number of aromatic nitrogens is 1. The van der Waals surface area contributed by atoms with E-state index in [0.717, 1.165) is 28.6 Å². The highest BCUT2D eigenvalue weighted by Gasteiger charge is 2.30. The predicted molar refractivity (Wildman–Crippen MR) is 149 cm³/mol. The van der Waals surface area contributed by atoms with Crippen LogP contribution in [-0.4, -0.2) is 66.7 Å². The number of H-pyrrole nitrogens is 1. The van der Waals surface area contributed by atoms with Crippen LogP contribution in [0.2, 0.25) is 0 Å². The summed E-state index contributed by atoms with van der Waals surface area (Å²) in [5.41, 5.74) is 2.08. The lowest BCUT2D eigenvalue weighted by atomic mass is 10.1. The number of carbonyl (C=O) groups is 2. The molecule has 42 heavy (non-hydrogen) atoms. The zero-order chi connectivity index (χ0) is 29.7. The smallest absolute Gasteiger partial charge is 0.416 e. The van der Waals surface area contributed by atoms with Gasteiger partial charge in [0.25, 0.3) is 5.91 Å². The Kier molecular flexibility index (Phi) is 8.67. The van der Waals surface area contributed by atoms with E-state index in [1.54, 1.807) is 23.1 Å². The zero-order valence-corrected chi connectivity index (χ0v) is 22.9. The molecule has 0 radical (unpaired) electrons. The normalized spacial score (nSPS) is 12.5. The number of amides is 2. The number of nitrogens with zero attached hydrogens (tertiary/aromatic N) is 2. The van der Waals surface area contributed by atoms with Gasteiger partial charge >= 0.3 is 6.18 Å². The minimum Gasteiger partial charge on any atom is -0.454 e. The quantitative estimate of drug-likeness (QED) is 0.261. The molecular weight excluding hydrogens is 551 g/mol. The Bertz CT molecular complexity index is 1550. The molecule has 11 heteroatoms. The maximum absolute atomic E-state index is 13.8. The Morgan fingerprint density at radius 2 is 1.71 bits per heavy atom. The van der Waals surface area contributed by atoms with E-state index >= 15 is 0 Å². The van der Waals surface area contributed by atoms with Gasteiger partial charge in [0.15, 0.2) is 11.5 Å². The molecule has 8 nitrogen and oxygen atoms in total. The van der Waals surface area contributed by atoms with Crippen molar-refractivity contribution in [2.75, 3.05) is 40.1 Å². The van der Waals surface area contributed by atoms with Crippen molar-refractivity contribution in [1.82, 2.24) is 14.8 Å². The molecule has 0 saturated carbocycles. The van der Waals surface area contributed by atoms with Crippen LogP contribution in [0.15, 0.2) is 72.9 Å². The lowest BCUT2D eigenvalue weighted by Crippen LogP contribution is -2.44. The number of nitrogens with one attached hydrogen (secondary N) is 1. The van der Waals surface area contributed by atoms with E-state index in [2.05, 4.69) is 4.98 Å². The van der Waals surface area contributed by atoms with Gasteiger partial charge in [-0.05, 0) is 53.9 Å². The number of para-hydroxylation sites is 1. The molecule has 1 N–H and O–H groups in total. The Hall–Kier alpha value is -4.51. The third kappa shape index (κ3) is 6.68. The predicted octanol–water partition coefficient (Wildman–Crippen LogP) is 5.28. The molecule has 2 amide bonds. The van der Waals surface area contributed by atoms with Crippen LogP contribution in [0, 0.1) is 0 Å². The molecule has 0 fully saturated rings. The Balaban J connectivity index is 1.36. The van der Waals surface area contributed by atoms with Crippen molar-refractivity contribution in [1.29, 1.82) is 0 Å². The Labute approximate surface area is 240 Å². The second kappa shape index (κ2) is 12.6. The number of carbonyl (C=O) groups excluding carboxylic acids is 2. The van der Waals surface area contributed by atoms with Gasteiger partial charge in [-0.2, -0.15) is 13.2 Å². The first-order chi connectivity index (χ1) is 20.2. The van der Waals surface area contributed by atoms with E-state index in [1.165, 1.54) is 24.1 Å². The number of ether oxygens (including phenoxy) is 3. The molecule has 3 aromatic carbocycles. The van der Waals surface area contributed by atoms with Crippen molar-refractivity contribution in [3.05, 3.63) is 95.2 Å². The summed E-state index contributed by atoms with van der Waals surface area (Å²) >= 11 is 0. The summed E-state index contributed by atoms with van der Waals surface area (Å²) in [6.07, 6.45) is -2.07. The molecule has 0 spiro atoms. The number of fused-ring (bicyclic) bond motifs is 2. The first kappa shape index (κ1) is 29.0. The van der Waals surface area contributed by atoms with Crippen LogP contribution in [0.5, 0.6) is 11.5 Å². The van der Waals surface area contributed by atoms with Gasteiger partial charge in [0.2, 0.25) is 12.7 Å². The minimum atomic E-state index is -4.46. The largest absolute Gasteiger partial charge is 0.454 e. The average Bonchev–Trinajstić information content (AvgIpc) is 3.63. The van der Waals surface area contributed by atoms with E-state index in [-0.39, 0.29) is 51.4 Å². The van der Waals surface area contributed by atoms with Crippen molar-refractivity contribution in [3.63, 3.8) is 0 Å². The molecule has 1 aliphatic heterocycles. The summed E-state index contributed by atoms with van der Waals surface area (Å²) in [5, 5.41) is 1.03. The minimum absolute atomic E-state index is 0.0637. The number of hydrogen-bond donors (Lipinski definition) is 1. The van der Waals surface area contributed by atoms with Gasteiger partial charge in [0.1, 0.15) is 6.54 Å². The van der Waals surface area contributed by atoms with Gasteiger partial charge in [-0.25, -0.2) is 0 Å². The van der Waals surface area contributed by atoms with Gasteiger partial charge in [-0.1, -0.05) is 30.3 Å². The fraction of sp³-hybridized carbons (Fsp3) is 0.290. The molecule has 2 heterocycles. The molecular formula is C31H30F3N3O5. The number of hydrogen-bond acceptors (Lipinski definition) is 5. The molecule has 220 valence electrons. The monoisotopic (exact) mass is 581 g/mol. The number of alkyl halides is 3. The summed E-state index contributed by atoms with van der Waals surface area (Å²) in [5.74, 6) is 0.248. The van der Waals surface area contributed by atoms with Gasteiger partial charge in [-0.3, -0.25) is 9.59 Å². The molecule has 0 unspecified atom stereocenters. The Morgan fingerprint density at radius 3 is 2.48 bits per heavy atom. The van der Waals surface area contributed by atoms with Crippen molar-refractivity contribution >= 4 is 22.7 Å². The number of rotatable bonds is 11. The summed E-state index contributed by atoms with van der Waals surface area (Å²) in [7, 11) is 1.50. The third-order valence-electron chi connectivity index (χ3n) is 7.13. The Morgan fingerprint density at radius 1 is 0.952 bits per heavy atom. The third-order valence-corrected chi connectivity index (χ3v) is 7.13. The molecule has 1 aromatic heterocycles. The molecule has 1 aliphatic rings. The molecule has 0 saturated heterocycles. The fourth-order valence-corrected chi connectivity index (χ4v) is 4.83.